The van der Waals surface area contributed by atoms with Crippen molar-refractivity contribution < 1.29 is 33.0 Å². The van der Waals surface area contributed by atoms with Crippen molar-refractivity contribution in [2.24, 2.45) is 5.73 Å². The summed E-state index contributed by atoms with van der Waals surface area (Å²) in [5.41, 5.74) is 13.7. The quantitative estimate of drug-likeness (QED) is 0.0376. The third-order valence-corrected chi connectivity index (χ3v) is 11.1. The van der Waals surface area contributed by atoms with Crippen LogP contribution in [0, 0.1) is 0 Å². The molecule has 5 rings (SSSR count). The summed E-state index contributed by atoms with van der Waals surface area (Å²) in [4.78, 5) is 35.5. The summed E-state index contributed by atoms with van der Waals surface area (Å²) in [5.74, 6) is 1.13. The summed E-state index contributed by atoms with van der Waals surface area (Å²) in [7, 11) is 0. The van der Waals surface area contributed by atoms with Gasteiger partial charge in [-0.15, -0.1) is 0 Å². The maximum absolute atomic E-state index is 12.7. The number of benzene rings is 2. The summed E-state index contributed by atoms with van der Waals surface area (Å²) in [6.07, 6.45) is 13.1. The van der Waals surface area contributed by atoms with Gasteiger partial charge in [0.05, 0.1) is 31.2 Å². The fraction of sp³-hybridized carbons (Fsp3) is 0.471. The number of carbonyl (C=O) groups is 1. The molecular formula is C34H45N6O7PS. The van der Waals surface area contributed by atoms with Crippen LogP contribution in [0.25, 0.3) is 11.2 Å². The van der Waals surface area contributed by atoms with Crippen LogP contribution in [-0.4, -0.2) is 56.2 Å². The monoisotopic (exact) mass is 712 g/mol. The molecule has 1 fully saturated rings. The van der Waals surface area contributed by atoms with Gasteiger partial charge in [-0.05, 0) is 85.6 Å². The van der Waals surface area contributed by atoms with E-state index in [0.717, 1.165) is 48.5 Å². The number of rotatable bonds is 20. The number of carbonyl (C=O) groups excluding carboxylic acids is 1. The highest BCUT2D eigenvalue weighted by Gasteiger charge is 2.31. The summed E-state index contributed by atoms with van der Waals surface area (Å²) in [6, 6.07) is 13.7. The van der Waals surface area contributed by atoms with Gasteiger partial charge in [-0.3, -0.25) is 9.09 Å². The number of anilines is 1. The largest absolute Gasteiger partial charge is 0.494 e. The molecule has 49 heavy (non-hydrogen) atoms. The SMILES string of the molecule is NCCCCCCCCCCOc1ccc(C(=O)Oc2ccc(CSP(=O)(O)OC[C@@H]3CC[C@H](n4cnc5c(N)ncnc54)O3)cc2)cc1. The molecule has 13 nitrogen and oxygen atoms in total. The molecule has 0 spiro atoms. The molecule has 15 heteroatoms. The van der Waals surface area contributed by atoms with Gasteiger partial charge < -0.3 is 30.6 Å². The van der Waals surface area contributed by atoms with Gasteiger partial charge >= 0.3 is 12.8 Å². The Kier molecular flexibility index (Phi) is 13.9. The lowest BCUT2D eigenvalue weighted by Gasteiger charge is -2.17. The van der Waals surface area contributed by atoms with Crippen LogP contribution in [0.15, 0.2) is 61.2 Å². The summed E-state index contributed by atoms with van der Waals surface area (Å²) < 4.78 is 37.3. The van der Waals surface area contributed by atoms with E-state index in [1.807, 2.05) is 0 Å². The molecule has 2 aromatic heterocycles. The predicted octanol–water partition coefficient (Wildman–Crippen LogP) is 6.81. The second-order valence-corrected chi connectivity index (χ2v) is 15.8. The van der Waals surface area contributed by atoms with E-state index in [4.69, 9.17) is 30.2 Å². The van der Waals surface area contributed by atoms with Crippen LogP contribution >= 0.6 is 18.2 Å². The Hall–Kier alpha value is -3.52. The van der Waals surface area contributed by atoms with Crippen molar-refractivity contribution >= 4 is 41.1 Å². The van der Waals surface area contributed by atoms with Gasteiger partial charge in [-0.25, -0.2) is 24.3 Å². The van der Waals surface area contributed by atoms with Gasteiger partial charge in [0.15, 0.2) is 11.5 Å². The third-order valence-electron chi connectivity index (χ3n) is 8.19. The van der Waals surface area contributed by atoms with Crippen LogP contribution < -0.4 is 20.9 Å². The zero-order chi connectivity index (χ0) is 34.5. The minimum Gasteiger partial charge on any atom is -0.494 e. The normalized spacial score (nSPS) is 17.3. The number of fused-ring (bicyclic) bond motifs is 1. The highest BCUT2D eigenvalue weighted by molar-refractivity contribution is 8.54. The molecule has 1 aliphatic rings. The second-order valence-electron chi connectivity index (χ2n) is 11.9. The van der Waals surface area contributed by atoms with E-state index in [-0.39, 0.29) is 24.7 Å². The van der Waals surface area contributed by atoms with Crippen LogP contribution in [-0.2, 0) is 19.6 Å². The molecule has 5 N–H and O–H groups in total. The van der Waals surface area contributed by atoms with Crippen molar-refractivity contribution in [3.8, 4) is 11.5 Å². The maximum Gasteiger partial charge on any atom is 0.386 e. The molecule has 3 atom stereocenters. The first kappa shape index (κ1) is 36.8. The van der Waals surface area contributed by atoms with Crippen molar-refractivity contribution in [3.63, 3.8) is 0 Å². The zero-order valence-electron chi connectivity index (χ0n) is 27.5. The number of nitrogens with two attached hydrogens (primary N) is 2. The molecule has 2 aromatic carbocycles. The Labute approximate surface area is 290 Å². The molecule has 0 bridgehead atoms. The van der Waals surface area contributed by atoms with Crippen LogP contribution in [0.1, 0.15) is 86.4 Å². The van der Waals surface area contributed by atoms with Crippen molar-refractivity contribution in [1.82, 2.24) is 19.5 Å². The Morgan fingerprint density at radius 1 is 0.939 bits per heavy atom. The molecule has 1 aliphatic heterocycles. The van der Waals surface area contributed by atoms with E-state index in [2.05, 4.69) is 15.0 Å². The Bertz CT molecular complexity index is 1670. The smallest absolute Gasteiger partial charge is 0.386 e. The number of hydrogen-bond acceptors (Lipinski definition) is 12. The van der Waals surface area contributed by atoms with Crippen LogP contribution in [0.2, 0.25) is 0 Å². The molecule has 0 aliphatic carbocycles. The van der Waals surface area contributed by atoms with E-state index in [9.17, 15) is 14.3 Å². The minimum atomic E-state index is -3.95. The van der Waals surface area contributed by atoms with Crippen LogP contribution in [0.5, 0.6) is 11.5 Å². The number of unbranched alkanes of at least 4 members (excludes halogenated alkanes) is 7. The number of hydrogen-bond donors (Lipinski definition) is 3. The number of ether oxygens (including phenoxy) is 3. The third kappa shape index (κ3) is 11.2. The number of nitrogen functional groups attached to an aromatic ring is 1. The maximum atomic E-state index is 12.7. The zero-order valence-corrected chi connectivity index (χ0v) is 29.2. The summed E-state index contributed by atoms with van der Waals surface area (Å²) in [6.45, 7) is -2.55. The number of esters is 1. The van der Waals surface area contributed by atoms with Gasteiger partial charge in [-0.1, -0.05) is 50.7 Å². The second kappa shape index (κ2) is 18.5. The van der Waals surface area contributed by atoms with E-state index >= 15 is 0 Å². The average Bonchev–Trinajstić information content (AvgIpc) is 3.76. The van der Waals surface area contributed by atoms with Crippen molar-refractivity contribution in [1.29, 1.82) is 0 Å². The van der Waals surface area contributed by atoms with E-state index in [1.54, 1.807) is 59.4 Å². The first-order valence-corrected chi connectivity index (χ1v) is 19.9. The fourth-order valence-corrected chi connectivity index (χ4v) is 7.75. The first-order chi connectivity index (χ1) is 23.8. The Balaban J connectivity index is 0.973. The Morgan fingerprint density at radius 2 is 1.63 bits per heavy atom. The number of nitrogens with zero attached hydrogens (tertiary/aromatic N) is 4. The fourth-order valence-electron chi connectivity index (χ4n) is 5.47. The predicted molar refractivity (Wildman–Crippen MR) is 189 cm³/mol. The number of aromatic nitrogens is 4. The molecule has 3 heterocycles. The van der Waals surface area contributed by atoms with Crippen LogP contribution in [0.3, 0.4) is 0 Å². The lowest BCUT2D eigenvalue weighted by atomic mass is 10.1. The molecule has 0 saturated carbocycles. The Morgan fingerprint density at radius 3 is 2.37 bits per heavy atom. The van der Waals surface area contributed by atoms with E-state index < -0.39 is 12.8 Å². The molecule has 0 radical (unpaired) electrons. The lowest BCUT2D eigenvalue weighted by molar-refractivity contribution is -0.0166. The molecular weight excluding hydrogens is 667 g/mol. The molecule has 1 unspecified atom stereocenters. The average molecular weight is 713 g/mol. The van der Waals surface area contributed by atoms with E-state index in [1.165, 1.54) is 38.4 Å². The van der Waals surface area contributed by atoms with Crippen molar-refractivity contribution in [3.05, 3.63) is 72.3 Å². The van der Waals surface area contributed by atoms with Gasteiger partial charge in [-0.2, -0.15) is 0 Å². The minimum absolute atomic E-state index is 0.0282. The molecule has 1 saturated heterocycles. The van der Waals surface area contributed by atoms with Gasteiger partial charge in [0, 0.05) is 5.75 Å². The van der Waals surface area contributed by atoms with Crippen molar-refractivity contribution in [2.75, 3.05) is 25.5 Å². The lowest BCUT2D eigenvalue weighted by Crippen LogP contribution is -2.16. The topological polar surface area (TPSA) is 187 Å². The van der Waals surface area contributed by atoms with Gasteiger partial charge in [0.1, 0.15) is 29.6 Å². The summed E-state index contributed by atoms with van der Waals surface area (Å²) in [5, 5.41) is 0. The molecule has 0 amide bonds. The number of imidazole rings is 1. The van der Waals surface area contributed by atoms with Gasteiger partial charge in [0.25, 0.3) is 0 Å². The highest BCUT2D eigenvalue weighted by atomic mass is 32.7. The molecule has 4 aromatic rings. The van der Waals surface area contributed by atoms with Crippen LogP contribution in [0.4, 0.5) is 5.82 Å². The first-order valence-electron chi connectivity index (χ1n) is 16.8. The highest BCUT2D eigenvalue weighted by Crippen LogP contribution is 2.57. The standard InChI is InChI=1S/C34H45N6O7PS/c35-19-7-5-3-1-2-4-6-8-20-44-27-15-11-26(12-16-27)34(41)47-28-13-9-25(10-14-28)22-49-48(42,43)45-21-29-17-18-30(46-29)40-24-39-31-32(36)37-23-38-33(31)40/h9-16,23-24,29-30H,1-8,17-22,35H2,(H,42,43)(H2,36,37,38)/t29-,30+/m0/s1. The van der Waals surface area contributed by atoms with Crippen molar-refractivity contribution in [2.45, 2.75) is 82.3 Å². The van der Waals surface area contributed by atoms with E-state index in [0.29, 0.717) is 47.7 Å². The summed E-state index contributed by atoms with van der Waals surface area (Å²) >= 11 is 0.813. The molecule has 264 valence electrons. The van der Waals surface area contributed by atoms with Gasteiger partial charge in [0.2, 0.25) is 0 Å².